The summed E-state index contributed by atoms with van der Waals surface area (Å²) in [5.74, 6) is -0.221. The van der Waals surface area contributed by atoms with Crippen LogP contribution in [0.4, 0.5) is 10.8 Å². The Bertz CT molecular complexity index is 747. The van der Waals surface area contributed by atoms with E-state index in [1.165, 1.54) is 11.3 Å². The first-order valence-corrected chi connectivity index (χ1v) is 9.39. The molecule has 2 amide bonds. The molecular weight excluding hydrogens is 336 g/mol. The van der Waals surface area contributed by atoms with Crippen LogP contribution in [0, 0.1) is 5.92 Å². The highest BCUT2D eigenvalue weighted by molar-refractivity contribution is 7.15. The van der Waals surface area contributed by atoms with E-state index in [1.807, 2.05) is 30.3 Å². The highest BCUT2D eigenvalue weighted by Crippen LogP contribution is 2.28. The summed E-state index contributed by atoms with van der Waals surface area (Å²) >= 11 is 1.41. The molecule has 0 spiro atoms. The molecule has 6 nitrogen and oxygen atoms in total. The van der Waals surface area contributed by atoms with E-state index in [1.54, 1.807) is 4.90 Å². The Labute approximate surface area is 151 Å². The molecule has 1 saturated heterocycles. The maximum Gasteiger partial charge on any atom is 0.231 e. The van der Waals surface area contributed by atoms with Crippen LogP contribution in [-0.2, 0) is 9.59 Å². The standard InChI is InChI=1S/C18H22N4O2S/c1-3-7-12(2)17-20-21-18(25-17)19-16(24)13-10-15(23)22(11-13)14-8-5-4-6-9-14/h4-6,8-9,12-13H,3,7,10-11H2,1-2H3,(H,19,21,24)/t12-,13-/m1/s1. The average Bonchev–Trinajstić information content (AvgIpc) is 3.23. The van der Waals surface area contributed by atoms with E-state index in [0.717, 1.165) is 23.5 Å². The Balaban J connectivity index is 1.62. The number of para-hydroxylation sites is 1. The predicted molar refractivity (Wildman–Crippen MR) is 98.8 cm³/mol. The van der Waals surface area contributed by atoms with E-state index in [0.29, 0.717) is 17.6 Å². The van der Waals surface area contributed by atoms with Crippen LogP contribution >= 0.6 is 11.3 Å². The fourth-order valence-corrected chi connectivity index (χ4v) is 3.82. The summed E-state index contributed by atoms with van der Waals surface area (Å²) in [6.45, 7) is 4.64. The van der Waals surface area contributed by atoms with E-state index in [-0.39, 0.29) is 24.2 Å². The Morgan fingerprint density at radius 3 is 2.84 bits per heavy atom. The highest BCUT2D eigenvalue weighted by atomic mass is 32.1. The zero-order valence-corrected chi connectivity index (χ0v) is 15.3. The molecule has 2 heterocycles. The third-order valence-electron chi connectivity index (χ3n) is 4.38. The SMILES string of the molecule is CCC[C@@H](C)c1nnc(NC(=O)[C@@H]2CC(=O)N(c3ccccc3)C2)s1. The van der Waals surface area contributed by atoms with Gasteiger partial charge in [-0.25, -0.2) is 0 Å². The van der Waals surface area contributed by atoms with Gasteiger partial charge in [0.1, 0.15) is 5.01 Å². The number of amides is 2. The quantitative estimate of drug-likeness (QED) is 0.858. The monoisotopic (exact) mass is 358 g/mol. The van der Waals surface area contributed by atoms with Crippen molar-refractivity contribution in [1.29, 1.82) is 0 Å². The maximum atomic E-state index is 12.5. The van der Waals surface area contributed by atoms with Gasteiger partial charge in [0.25, 0.3) is 0 Å². The molecule has 0 bridgehead atoms. The minimum atomic E-state index is -0.367. The molecule has 1 fully saturated rings. The lowest BCUT2D eigenvalue weighted by atomic mass is 10.1. The lowest BCUT2D eigenvalue weighted by molar-refractivity contribution is -0.122. The minimum Gasteiger partial charge on any atom is -0.312 e. The van der Waals surface area contributed by atoms with Crippen LogP contribution in [0.3, 0.4) is 0 Å². The predicted octanol–water partition coefficient (Wildman–Crippen LogP) is 3.43. The van der Waals surface area contributed by atoms with Crippen molar-refractivity contribution in [2.24, 2.45) is 5.92 Å². The molecule has 1 aromatic carbocycles. The van der Waals surface area contributed by atoms with Gasteiger partial charge in [-0.1, -0.05) is 49.8 Å². The molecule has 1 aromatic heterocycles. The molecule has 0 aliphatic carbocycles. The number of benzene rings is 1. The minimum absolute atomic E-state index is 0.0270. The second kappa shape index (κ2) is 7.74. The second-order valence-electron chi connectivity index (χ2n) is 6.37. The van der Waals surface area contributed by atoms with Crippen LogP contribution in [-0.4, -0.2) is 28.6 Å². The maximum absolute atomic E-state index is 12.5. The van der Waals surface area contributed by atoms with Gasteiger partial charge in [-0.3, -0.25) is 9.59 Å². The van der Waals surface area contributed by atoms with Crippen molar-refractivity contribution < 1.29 is 9.59 Å². The molecule has 1 N–H and O–H groups in total. The van der Waals surface area contributed by atoms with Gasteiger partial charge in [0.2, 0.25) is 16.9 Å². The topological polar surface area (TPSA) is 75.2 Å². The Morgan fingerprint density at radius 2 is 2.12 bits per heavy atom. The first kappa shape index (κ1) is 17.5. The number of hydrogen-bond acceptors (Lipinski definition) is 5. The molecule has 3 rings (SSSR count). The number of aromatic nitrogens is 2. The van der Waals surface area contributed by atoms with Crippen molar-refractivity contribution in [3.8, 4) is 0 Å². The smallest absolute Gasteiger partial charge is 0.231 e. The number of carbonyl (C=O) groups excluding carboxylic acids is 2. The summed E-state index contributed by atoms with van der Waals surface area (Å²) in [4.78, 5) is 26.4. The lowest BCUT2D eigenvalue weighted by Gasteiger charge is -2.16. The number of carbonyl (C=O) groups is 2. The van der Waals surface area contributed by atoms with Gasteiger partial charge in [-0.2, -0.15) is 0 Å². The van der Waals surface area contributed by atoms with Crippen LogP contribution in [0.15, 0.2) is 30.3 Å². The molecular formula is C18H22N4O2S. The van der Waals surface area contributed by atoms with Crippen LogP contribution in [0.1, 0.15) is 44.0 Å². The lowest BCUT2D eigenvalue weighted by Crippen LogP contribution is -2.28. The van der Waals surface area contributed by atoms with E-state index in [9.17, 15) is 9.59 Å². The summed E-state index contributed by atoms with van der Waals surface area (Å²) < 4.78 is 0. The van der Waals surface area contributed by atoms with Gasteiger partial charge in [-0.15, -0.1) is 10.2 Å². The number of nitrogens with one attached hydrogen (secondary N) is 1. The number of anilines is 2. The fourth-order valence-electron chi connectivity index (χ4n) is 2.99. The number of hydrogen-bond donors (Lipinski definition) is 1. The van der Waals surface area contributed by atoms with E-state index < -0.39 is 0 Å². The van der Waals surface area contributed by atoms with Crippen molar-refractivity contribution in [1.82, 2.24) is 10.2 Å². The fraction of sp³-hybridized carbons (Fsp3) is 0.444. The third kappa shape index (κ3) is 4.04. The zero-order chi connectivity index (χ0) is 17.8. The third-order valence-corrected chi connectivity index (χ3v) is 5.45. The molecule has 2 aromatic rings. The van der Waals surface area contributed by atoms with Crippen molar-refractivity contribution in [2.45, 2.75) is 39.0 Å². The van der Waals surface area contributed by atoms with Crippen molar-refractivity contribution in [3.05, 3.63) is 35.3 Å². The summed E-state index contributed by atoms with van der Waals surface area (Å²) in [5, 5.41) is 12.5. The van der Waals surface area contributed by atoms with Gasteiger partial charge in [0.15, 0.2) is 0 Å². The van der Waals surface area contributed by atoms with Gasteiger partial charge < -0.3 is 10.2 Å². The molecule has 0 radical (unpaired) electrons. The summed E-state index contributed by atoms with van der Waals surface area (Å²) in [5.41, 5.74) is 0.828. The van der Waals surface area contributed by atoms with Crippen molar-refractivity contribution >= 4 is 34.0 Å². The first-order valence-electron chi connectivity index (χ1n) is 8.58. The average molecular weight is 358 g/mol. The second-order valence-corrected chi connectivity index (χ2v) is 7.37. The number of nitrogens with zero attached hydrogens (tertiary/aromatic N) is 3. The van der Waals surface area contributed by atoms with Crippen LogP contribution < -0.4 is 10.2 Å². The van der Waals surface area contributed by atoms with Gasteiger partial charge >= 0.3 is 0 Å². The van der Waals surface area contributed by atoms with Gasteiger partial charge in [-0.05, 0) is 18.6 Å². The Kier molecular flexibility index (Phi) is 5.43. The normalized spacial score (nSPS) is 18.4. The molecule has 7 heteroatoms. The van der Waals surface area contributed by atoms with Gasteiger partial charge in [0, 0.05) is 24.6 Å². The Hall–Kier alpha value is -2.28. The van der Waals surface area contributed by atoms with Crippen molar-refractivity contribution in [2.75, 3.05) is 16.8 Å². The molecule has 132 valence electrons. The molecule has 0 unspecified atom stereocenters. The zero-order valence-electron chi connectivity index (χ0n) is 14.4. The molecule has 25 heavy (non-hydrogen) atoms. The molecule has 1 aliphatic rings. The van der Waals surface area contributed by atoms with Crippen molar-refractivity contribution in [3.63, 3.8) is 0 Å². The Morgan fingerprint density at radius 1 is 1.36 bits per heavy atom. The van der Waals surface area contributed by atoms with E-state index in [4.69, 9.17) is 0 Å². The van der Waals surface area contributed by atoms with Crippen LogP contribution in [0.5, 0.6) is 0 Å². The number of rotatable bonds is 6. The largest absolute Gasteiger partial charge is 0.312 e. The van der Waals surface area contributed by atoms with E-state index in [2.05, 4.69) is 29.4 Å². The van der Waals surface area contributed by atoms with Crippen LogP contribution in [0.25, 0.3) is 0 Å². The highest BCUT2D eigenvalue weighted by Gasteiger charge is 2.35. The molecule has 2 atom stereocenters. The van der Waals surface area contributed by atoms with Gasteiger partial charge in [0.05, 0.1) is 5.92 Å². The summed E-state index contributed by atoms with van der Waals surface area (Å²) in [6, 6.07) is 9.43. The van der Waals surface area contributed by atoms with E-state index >= 15 is 0 Å². The molecule has 1 aliphatic heterocycles. The first-order chi connectivity index (χ1) is 12.1. The summed E-state index contributed by atoms with van der Waals surface area (Å²) in [6.07, 6.45) is 2.35. The van der Waals surface area contributed by atoms with Crippen LogP contribution in [0.2, 0.25) is 0 Å². The molecule has 0 saturated carbocycles. The summed E-state index contributed by atoms with van der Waals surface area (Å²) in [7, 11) is 0.